The second kappa shape index (κ2) is 5.34. The number of hydrogen-bond donors (Lipinski definition) is 2. The van der Waals surface area contributed by atoms with Crippen LogP contribution in [0.2, 0.25) is 5.15 Å². The van der Waals surface area contributed by atoms with E-state index in [1.54, 1.807) is 6.20 Å². The third-order valence-corrected chi connectivity index (χ3v) is 3.84. The highest BCUT2D eigenvalue weighted by atomic mass is 79.9. The highest BCUT2D eigenvalue weighted by Crippen LogP contribution is 2.30. The van der Waals surface area contributed by atoms with Crippen molar-refractivity contribution in [3.8, 4) is 0 Å². The van der Waals surface area contributed by atoms with Crippen molar-refractivity contribution >= 4 is 33.2 Å². The third-order valence-electron chi connectivity index (χ3n) is 3.11. The molecule has 1 heterocycles. The van der Waals surface area contributed by atoms with E-state index in [4.69, 9.17) is 17.3 Å². The molecule has 0 aliphatic heterocycles. The number of aromatic nitrogens is 1. The number of nitrogens with zero attached hydrogens (tertiary/aromatic N) is 1. The van der Waals surface area contributed by atoms with Gasteiger partial charge in [0.15, 0.2) is 5.15 Å². The lowest BCUT2D eigenvalue weighted by Crippen LogP contribution is -2.29. The normalized spacial score (nSPS) is 24.7. The van der Waals surface area contributed by atoms with Crippen LogP contribution >= 0.6 is 27.5 Å². The lowest BCUT2D eigenvalue weighted by Gasteiger charge is -2.21. The van der Waals surface area contributed by atoms with Crippen LogP contribution in [0.3, 0.4) is 0 Å². The highest BCUT2D eigenvalue weighted by Gasteiger charge is 2.26. The van der Waals surface area contributed by atoms with Gasteiger partial charge in [0, 0.05) is 16.7 Å². The average Bonchev–Trinajstić information content (AvgIpc) is 2.71. The Balaban J connectivity index is 2.11. The van der Waals surface area contributed by atoms with E-state index in [0.717, 1.165) is 23.1 Å². The molecule has 0 saturated heterocycles. The molecular formula is C11H15BrClN3. The number of pyridine rings is 1. The predicted octanol–water partition coefficient (Wildman–Crippen LogP) is 3.04. The number of hydrogen-bond acceptors (Lipinski definition) is 3. The Hall–Kier alpha value is -0.320. The fourth-order valence-corrected chi connectivity index (χ4v) is 2.72. The van der Waals surface area contributed by atoms with Crippen molar-refractivity contribution in [3.63, 3.8) is 0 Å². The lowest BCUT2D eigenvalue weighted by atomic mass is 10.0. The molecule has 2 unspecified atom stereocenters. The fourth-order valence-electron chi connectivity index (χ4n) is 2.23. The first-order valence-electron chi connectivity index (χ1n) is 5.48. The number of nitrogens with two attached hydrogens (primary N) is 1. The Morgan fingerprint density at radius 2 is 2.38 bits per heavy atom. The van der Waals surface area contributed by atoms with Gasteiger partial charge in [-0.25, -0.2) is 4.98 Å². The Morgan fingerprint density at radius 1 is 1.56 bits per heavy atom. The molecule has 2 atom stereocenters. The van der Waals surface area contributed by atoms with Crippen LogP contribution in [0.5, 0.6) is 0 Å². The largest absolute Gasteiger partial charge is 0.379 e. The fraction of sp³-hybridized carbons (Fsp3) is 0.545. The van der Waals surface area contributed by atoms with Gasteiger partial charge in [-0.05, 0) is 47.3 Å². The summed E-state index contributed by atoms with van der Waals surface area (Å²) in [5.74, 6) is 0.551. The van der Waals surface area contributed by atoms with Gasteiger partial charge in [-0.3, -0.25) is 0 Å². The summed E-state index contributed by atoms with van der Waals surface area (Å²) in [5, 5.41) is 3.97. The van der Waals surface area contributed by atoms with Crippen molar-refractivity contribution < 1.29 is 0 Å². The summed E-state index contributed by atoms with van der Waals surface area (Å²) in [7, 11) is 0. The predicted molar refractivity (Wildman–Crippen MR) is 70.8 cm³/mol. The van der Waals surface area contributed by atoms with E-state index in [0.29, 0.717) is 17.1 Å². The van der Waals surface area contributed by atoms with E-state index in [-0.39, 0.29) is 0 Å². The molecule has 1 aliphatic carbocycles. The Labute approximate surface area is 109 Å². The van der Waals surface area contributed by atoms with Gasteiger partial charge in [-0.2, -0.15) is 0 Å². The quantitative estimate of drug-likeness (QED) is 0.844. The molecular weight excluding hydrogens is 289 g/mol. The maximum Gasteiger partial charge on any atom is 0.152 e. The summed E-state index contributed by atoms with van der Waals surface area (Å²) < 4.78 is 0.932. The van der Waals surface area contributed by atoms with Crippen molar-refractivity contribution in [2.24, 2.45) is 11.7 Å². The van der Waals surface area contributed by atoms with E-state index in [9.17, 15) is 0 Å². The minimum atomic E-state index is 0.429. The zero-order valence-electron chi connectivity index (χ0n) is 8.92. The first-order chi connectivity index (χ1) is 7.70. The molecule has 3 N–H and O–H groups in total. The van der Waals surface area contributed by atoms with Crippen molar-refractivity contribution in [1.29, 1.82) is 0 Å². The van der Waals surface area contributed by atoms with Gasteiger partial charge in [0.25, 0.3) is 0 Å². The summed E-state index contributed by atoms with van der Waals surface area (Å²) in [5.41, 5.74) is 6.64. The van der Waals surface area contributed by atoms with Crippen LogP contribution in [0.15, 0.2) is 16.7 Å². The Morgan fingerprint density at radius 3 is 3.12 bits per heavy atom. The monoisotopic (exact) mass is 303 g/mol. The second-order valence-corrected chi connectivity index (χ2v) is 5.44. The molecule has 3 nitrogen and oxygen atoms in total. The molecule has 1 aliphatic rings. The smallest absolute Gasteiger partial charge is 0.152 e. The lowest BCUT2D eigenvalue weighted by molar-refractivity contribution is 0.516. The molecule has 0 spiro atoms. The molecule has 2 rings (SSSR count). The van der Waals surface area contributed by atoms with Crippen molar-refractivity contribution in [2.45, 2.75) is 25.3 Å². The van der Waals surface area contributed by atoms with Gasteiger partial charge in [0.2, 0.25) is 0 Å². The van der Waals surface area contributed by atoms with E-state index >= 15 is 0 Å². The summed E-state index contributed by atoms with van der Waals surface area (Å²) in [6.07, 6.45) is 5.29. The molecule has 0 bridgehead atoms. The number of nitrogens with one attached hydrogen (secondary N) is 1. The standard InChI is InChI=1S/C11H15BrClN3/c12-8-4-10(11(13)15-6-8)16-9-3-1-2-7(9)5-14/h4,6-7,9,16H,1-3,5,14H2. The first-order valence-corrected chi connectivity index (χ1v) is 6.65. The van der Waals surface area contributed by atoms with Gasteiger partial charge in [-0.15, -0.1) is 0 Å². The molecule has 16 heavy (non-hydrogen) atoms. The molecule has 0 aromatic carbocycles. The summed E-state index contributed by atoms with van der Waals surface area (Å²) in [6, 6.07) is 2.39. The van der Waals surface area contributed by atoms with Gasteiger partial charge in [0.05, 0.1) is 5.69 Å². The van der Waals surface area contributed by atoms with E-state index in [2.05, 4.69) is 26.2 Å². The van der Waals surface area contributed by atoms with E-state index in [1.807, 2.05) is 6.07 Å². The zero-order valence-corrected chi connectivity index (χ0v) is 11.3. The molecule has 0 radical (unpaired) electrons. The highest BCUT2D eigenvalue weighted by molar-refractivity contribution is 9.10. The minimum Gasteiger partial charge on any atom is -0.379 e. The maximum atomic E-state index is 6.04. The van der Waals surface area contributed by atoms with E-state index in [1.165, 1.54) is 12.8 Å². The molecule has 5 heteroatoms. The number of halogens is 2. The average molecular weight is 305 g/mol. The minimum absolute atomic E-state index is 0.429. The Kier molecular flexibility index (Phi) is 4.05. The Bertz CT molecular complexity index is 372. The SMILES string of the molecule is NCC1CCCC1Nc1cc(Br)cnc1Cl. The van der Waals surface area contributed by atoms with Crippen molar-refractivity contribution in [3.05, 3.63) is 21.9 Å². The van der Waals surface area contributed by atoms with Gasteiger partial charge < -0.3 is 11.1 Å². The number of anilines is 1. The van der Waals surface area contributed by atoms with Crippen molar-refractivity contribution in [1.82, 2.24) is 4.98 Å². The van der Waals surface area contributed by atoms with Crippen LogP contribution in [0.4, 0.5) is 5.69 Å². The van der Waals surface area contributed by atoms with Crippen LogP contribution in [0.1, 0.15) is 19.3 Å². The molecule has 1 aromatic rings. The second-order valence-electron chi connectivity index (χ2n) is 4.17. The van der Waals surface area contributed by atoms with Crippen molar-refractivity contribution in [2.75, 3.05) is 11.9 Å². The topological polar surface area (TPSA) is 50.9 Å². The van der Waals surface area contributed by atoms with Crippen LogP contribution in [-0.2, 0) is 0 Å². The number of rotatable bonds is 3. The van der Waals surface area contributed by atoms with Gasteiger partial charge in [0.1, 0.15) is 0 Å². The molecule has 88 valence electrons. The zero-order chi connectivity index (χ0) is 11.5. The van der Waals surface area contributed by atoms with Gasteiger partial charge in [-0.1, -0.05) is 18.0 Å². The summed E-state index contributed by atoms with van der Waals surface area (Å²) in [6.45, 7) is 0.733. The first kappa shape index (κ1) is 12.1. The van der Waals surface area contributed by atoms with Crippen LogP contribution in [-0.4, -0.2) is 17.6 Å². The van der Waals surface area contributed by atoms with Crippen LogP contribution in [0.25, 0.3) is 0 Å². The van der Waals surface area contributed by atoms with Crippen LogP contribution < -0.4 is 11.1 Å². The molecule has 0 amide bonds. The molecule has 1 fully saturated rings. The molecule has 1 aromatic heterocycles. The summed E-state index contributed by atoms with van der Waals surface area (Å²) in [4.78, 5) is 4.10. The van der Waals surface area contributed by atoms with E-state index < -0.39 is 0 Å². The summed E-state index contributed by atoms with van der Waals surface area (Å²) >= 11 is 9.43. The van der Waals surface area contributed by atoms with Crippen LogP contribution in [0, 0.1) is 5.92 Å². The maximum absolute atomic E-state index is 6.04. The van der Waals surface area contributed by atoms with Gasteiger partial charge >= 0.3 is 0 Å². The molecule has 1 saturated carbocycles. The third kappa shape index (κ3) is 2.67.